The van der Waals surface area contributed by atoms with Gasteiger partial charge in [-0.1, -0.05) is 34.1 Å². The summed E-state index contributed by atoms with van der Waals surface area (Å²) in [6, 6.07) is 15.9. The minimum Gasteiger partial charge on any atom is -0.494 e. The summed E-state index contributed by atoms with van der Waals surface area (Å²) in [5.41, 5.74) is 2.77. The number of rotatable bonds is 9. The number of carbonyl (C=O) groups is 1. The first kappa shape index (κ1) is 19.5. The van der Waals surface area contributed by atoms with Crippen molar-refractivity contribution >= 4 is 32.8 Å². The van der Waals surface area contributed by atoms with Crippen LogP contribution in [-0.2, 0) is 11.3 Å². The van der Waals surface area contributed by atoms with E-state index in [-0.39, 0.29) is 5.97 Å². The van der Waals surface area contributed by atoms with E-state index >= 15 is 0 Å². The third-order valence-electron chi connectivity index (χ3n) is 4.52. The lowest BCUT2D eigenvalue weighted by Crippen LogP contribution is -2.03. The predicted molar refractivity (Wildman–Crippen MR) is 112 cm³/mol. The van der Waals surface area contributed by atoms with Crippen LogP contribution in [-0.4, -0.2) is 29.6 Å². The molecule has 27 heavy (non-hydrogen) atoms. The van der Waals surface area contributed by atoms with E-state index in [0.29, 0.717) is 5.56 Å². The van der Waals surface area contributed by atoms with Gasteiger partial charge in [-0.2, -0.15) is 0 Å². The van der Waals surface area contributed by atoms with E-state index in [4.69, 9.17) is 9.47 Å². The second-order valence-corrected chi connectivity index (χ2v) is 7.24. The van der Waals surface area contributed by atoms with Crippen LogP contribution < -0.4 is 4.74 Å². The van der Waals surface area contributed by atoms with Gasteiger partial charge in [-0.15, -0.1) is 0 Å². The van der Waals surface area contributed by atoms with Crippen LogP contribution in [0.4, 0.5) is 0 Å². The Kier molecular flexibility index (Phi) is 6.93. The Morgan fingerprint density at radius 2 is 1.85 bits per heavy atom. The maximum Gasteiger partial charge on any atom is 0.337 e. The van der Waals surface area contributed by atoms with Crippen molar-refractivity contribution in [3.8, 4) is 5.75 Å². The lowest BCUT2D eigenvalue weighted by molar-refractivity contribution is 0.0601. The van der Waals surface area contributed by atoms with Crippen molar-refractivity contribution in [2.24, 2.45) is 0 Å². The van der Waals surface area contributed by atoms with Gasteiger partial charge in [0.1, 0.15) is 5.75 Å². The number of halogens is 1. The number of unbranched alkanes of at least 4 members (excludes halogenated alkanes) is 2. The Bertz CT molecular complexity index is 886. The van der Waals surface area contributed by atoms with Gasteiger partial charge < -0.3 is 14.0 Å². The minimum absolute atomic E-state index is 0.317. The topological polar surface area (TPSA) is 40.5 Å². The summed E-state index contributed by atoms with van der Waals surface area (Å²) in [6.07, 6.45) is 5.48. The van der Waals surface area contributed by atoms with Gasteiger partial charge in [0.25, 0.3) is 0 Å². The zero-order chi connectivity index (χ0) is 19.1. The Labute approximate surface area is 168 Å². The summed E-state index contributed by atoms with van der Waals surface area (Å²) in [5.74, 6) is 0.588. The molecule has 1 aromatic heterocycles. The Balaban J connectivity index is 1.65. The van der Waals surface area contributed by atoms with E-state index < -0.39 is 0 Å². The highest BCUT2D eigenvalue weighted by atomic mass is 79.9. The maximum atomic E-state index is 11.8. The summed E-state index contributed by atoms with van der Waals surface area (Å²) >= 11 is 3.44. The molecule has 4 nitrogen and oxygen atoms in total. The van der Waals surface area contributed by atoms with E-state index in [9.17, 15) is 4.79 Å². The van der Waals surface area contributed by atoms with E-state index in [2.05, 4.69) is 38.7 Å². The number of hydrogen-bond acceptors (Lipinski definition) is 3. The smallest absolute Gasteiger partial charge is 0.337 e. The van der Waals surface area contributed by atoms with Gasteiger partial charge in [0.2, 0.25) is 0 Å². The normalized spacial score (nSPS) is 10.9. The first-order valence-corrected chi connectivity index (χ1v) is 10.3. The predicted octanol–water partition coefficient (Wildman–Crippen LogP) is 5.42. The molecule has 0 spiro atoms. The first-order valence-electron chi connectivity index (χ1n) is 9.16. The lowest BCUT2D eigenvalue weighted by Gasteiger charge is -2.09. The Morgan fingerprint density at radius 1 is 1.04 bits per heavy atom. The van der Waals surface area contributed by atoms with Crippen LogP contribution in [0.15, 0.2) is 54.7 Å². The average molecular weight is 430 g/mol. The average Bonchev–Trinajstić information content (AvgIpc) is 3.10. The first-order chi connectivity index (χ1) is 13.2. The molecule has 0 fully saturated rings. The minimum atomic E-state index is -0.317. The highest BCUT2D eigenvalue weighted by Gasteiger charge is 2.09. The molecule has 0 aliphatic carbocycles. The summed E-state index contributed by atoms with van der Waals surface area (Å²) in [5, 5.41) is 2.16. The number of hydrogen-bond donors (Lipinski definition) is 0. The van der Waals surface area contributed by atoms with Crippen LogP contribution >= 0.6 is 15.9 Å². The Hall–Kier alpha value is -2.27. The number of fused-ring (bicyclic) bond motifs is 1. The molecule has 0 aliphatic heterocycles. The molecule has 1 heterocycles. The molecule has 0 saturated heterocycles. The molecule has 0 amide bonds. The van der Waals surface area contributed by atoms with Crippen LogP contribution in [0, 0.1) is 0 Å². The molecule has 3 aromatic rings. The molecule has 2 aromatic carbocycles. The molecule has 3 rings (SSSR count). The fourth-order valence-corrected chi connectivity index (χ4v) is 3.41. The fraction of sp³-hybridized carbons (Fsp3) is 0.318. The van der Waals surface area contributed by atoms with Gasteiger partial charge in [-0.05, 0) is 60.5 Å². The van der Waals surface area contributed by atoms with Gasteiger partial charge in [-0.3, -0.25) is 0 Å². The standard InChI is InChI=1S/C22H24BrNO3/c1-26-22(25)19-8-7-18-11-13-24(21(18)15-19)16-17-5-9-20(10-6-17)27-14-4-2-3-12-23/h5-11,13,15H,2-4,12,14,16H2,1H3. The number of benzene rings is 2. The van der Waals surface area contributed by atoms with E-state index in [0.717, 1.165) is 41.6 Å². The molecule has 0 radical (unpaired) electrons. The molecule has 0 bridgehead atoms. The molecule has 0 aliphatic rings. The summed E-state index contributed by atoms with van der Waals surface area (Å²) in [6.45, 7) is 1.49. The van der Waals surface area contributed by atoms with Crippen molar-refractivity contribution in [3.63, 3.8) is 0 Å². The molecular formula is C22H24BrNO3. The quantitative estimate of drug-likeness (QED) is 0.259. The van der Waals surface area contributed by atoms with Gasteiger partial charge in [-0.25, -0.2) is 4.79 Å². The zero-order valence-corrected chi connectivity index (χ0v) is 17.1. The molecule has 142 valence electrons. The van der Waals surface area contributed by atoms with E-state index in [1.165, 1.54) is 25.5 Å². The zero-order valence-electron chi connectivity index (χ0n) is 15.5. The van der Waals surface area contributed by atoms with Crippen molar-refractivity contribution in [1.82, 2.24) is 4.57 Å². The van der Waals surface area contributed by atoms with E-state index in [1.807, 2.05) is 30.5 Å². The second-order valence-electron chi connectivity index (χ2n) is 6.45. The number of ether oxygens (including phenoxy) is 2. The van der Waals surface area contributed by atoms with Crippen molar-refractivity contribution < 1.29 is 14.3 Å². The summed E-state index contributed by atoms with van der Waals surface area (Å²) < 4.78 is 12.8. The highest BCUT2D eigenvalue weighted by molar-refractivity contribution is 9.09. The third-order valence-corrected chi connectivity index (χ3v) is 5.08. The van der Waals surface area contributed by atoms with Gasteiger partial charge >= 0.3 is 5.97 Å². The van der Waals surface area contributed by atoms with Crippen LogP contribution in [0.5, 0.6) is 5.75 Å². The lowest BCUT2D eigenvalue weighted by atomic mass is 10.1. The van der Waals surface area contributed by atoms with Crippen LogP contribution in [0.25, 0.3) is 10.9 Å². The second kappa shape index (κ2) is 9.60. The number of nitrogens with zero attached hydrogens (tertiary/aromatic N) is 1. The molecule has 0 saturated carbocycles. The van der Waals surface area contributed by atoms with E-state index in [1.54, 1.807) is 6.07 Å². The Morgan fingerprint density at radius 3 is 2.59 bits per heavy atom. The van der Waals surface area contributed by atoms with Crippen LogP contribution in [0.1, 0.15) is 35.2 Å². The molecule has 0 atom stereocenters. The van der Waals surface area contributed by atoms with Crippen molar-refractivity contribution in [2.45, 2.75) is 25.8 Å². The number of aromatic nitrogens is 1. The maximum absolute atomic E-state index is 11.8. The third kappa shape index (κ3) is 5.13. The monoisotopic (exact) mass is 429 g/mol. The number of alkyl halides is 1. The number of esters is 1. The number of carbonyl (C=O) groups excluding carboxylic acids is 1. The molecule has 5 heteroatoms. The van der Waals surface area contributed by atoms with Crippen molar-refractivity contribution in [2.75, 3.05) is 19.0 Å². The van der Waals surface area contributed by atoms with Gasteiger partial charge in [0.05, 0.1) is 19.3 Å². The summed E-state index contributed by atoms with van der Waals surface area (Å²) in [7, 11) is 1.40. The van der Waals surface area contributed by atoms with Gasteiger partial charge in [0, 0.05) is 23.6 Å². The largest absolute Gasteiger partial charge is 0.494 e. The van der Waals surface area contributed by atoms with Crippen LogP contribution in [0.2, 0.25) is 0 Å². The summed E-state index contributed by atoms with van der Waals surface area (Å²) in [4.78, 5) is 11.8. The molecular weight excluding hydrogens is 406 g/mol. The van der Waals surface area contributed by atoms with Crippen molar-refractivity contribution in [3.05, 3.63) is 65.9 Å². The molecule has 0 unspecified atom stereocenters. The fourth-order valence-electron chi connectivity index (χ4n) is 3.02. The molecule has 0 N–H and O–H groups in total. The highest BCUT2D eigenvalue weighted by Crippen LogP contribution is 2.21. The van der Waals surface area contributed by atoms with Gasteiger partial charge in [0.15, 0.2) is 0 Å². The van der Waals surface area contributed by atoms with Crippen molar-refractivity contribution in [1.29, 1.82) is 0 Å². The SMILES string of the molecule is COC(=O)c1ccc2ccn(Cc3ccc(OCCCCCBr)cc3)c2c1. The van der Waals surface area contributed by atoms with Crippen LogP contribution in [0.3, 0.4) is 0 Å². The number of methoxy groups -OCH3 is 1.